The Kier molecular flexibility index (Phi) is 7.72. The quantitative estimate of drug-likeness (QED) is 0.410. The van der Waals surface area contributed by atoms with Crippen LogP contribution >= 0.6 is 0 Å². The normalized spacial score (nSPS) is 13.0. The van der Waals surface area contributed by atoms with Crippen LogP contribution in [0.25, 0.3) is 0 Å². The minimum Gasteiger partial charge on any atom is -0.500 e. The Morgan fingerprint density at radius 2 is 1.81 bits per heavy atom. The summed E-state index contributed by atoms with van der Waals surface area (Å²) in [4.78, 5) is 12.3. The summed E-state index contributed by atoms with van der Waals surface area (Å²) in [5, 5.41) is 6.09. The van der Waals surface area contributed by atoms with E-state index in [1.165, 1.54) is 0 Å². The van der Waals surface area contributed by atoms with Crippen molar-refractivity contribution in [1.82, 2.24) is 10.6 Å². The smallest absolute Gasteiger partial charge is 0.244 e. The third-order valence-corrected chi connectivity index (χ3v) is 3.20. The van der Waals surface area contributed by atoms with Crippen LogP contribution in [0.4, 0.5) is 0 Å². The Morgan fingerprint density at radius 3 is 2.24 bits per heavy atom. The van der Waals surface area contributed by atoms with Gasteiger partial charge in [-0.15, -0.1) is 0 Å². The van der Waals surface area contributed by atoms with Gasteiger partial charge in [-0.1, -0.05) is 40.7 Å². The lowest BCUT2D eigenvalue weighted by Gasteiger charge is -2.26. The van der Waals surface area contributed by atoms with Crippen LogP contribution in [0.5, 0.6) is 0 Å². The fourth-order valence-corrected chi connectivity index (χ4v) is 1.74. The summed E-state index contributed by atoms with van der Waals surface area (Å²) in [6.45, 7) is 16.7. The van der Waals surface area contributed by atoms with Crippen molar-refractivity contribution in [3.05, 3.63) is 24.1 Å². The first-order valence-electron chi connectivity index (χ1n) is 7.56. The molecule has 0 aromatic heterocycles. The number of carbonyl (C=O) groups is 1. The van der Waals surface area contributed by atoms with Crippen molar-refractivity contribution in [3.63, 3.8) is 0 Å². The fraction of sp³-hybridized carbons (Fsp3) is 0.706. The molecule has 0 radical (unpaired) electrons. The van der Waals surface area contributed by atoms with Crippen molar-refractivity contribution in [2.75, 3.05) is 13.7 Å². The van der Waals surface area contributed by atoms with Crippen LogP contribution < -0.4 is 10.6 Å². The van der Waals surface area contributed by atoms with Gasteiger partial charge in [-0.25, -0.2) is 0 Å². The summed E-state index contributed by atoms with van der Waals surface area (Å²) in [5.74, 6) is 0.689. The molecule has 0 bridgehead atoms. The molecule has 4 heteroatoms. The van der Waals surface area contributed by atoms with Crippen molar-refractivity contribution in [1.29, 1.82) is 0 Å². The maximum atomic E-state index is 12.3. The first kappa shape index (κ1) is 19.7. The van der Waals surface area contributed by atoms with Crippen LogP contribution in [-0.4, -0.2) is 25.1 Å². The lowest BCUT2D eigenvalue weighted by molar-refractivity contribution is -0.125. The van der Waals surface area contributed by atoms with Gasteiger partial charge < -0.3 is 15.4 Å². The summed E-state index contributed by atoms with van der Waals surface area (Å²) >= 11 is 0. The van der Waals surface area contributed by atoms with Crippen molar-refractivity contribution in [2.24, 2.45) is 5.41 Å². The van der Waals surface area contributed by atoms with Crippen LogP contribution in [0.1, 0.15) is 54.4 Å². The molecule has 0 unspecified atom stereocenters. The molecule has 0 aromatic carbocycles. The molecule has 1 amide bonds. The number of rotatable bonds is 8. The third kappa shape index (κ3) is 7.32. The molecule has 0 rings (SSSR count). The lowest BCUT2D eigenvalue weighted by Crippen LogP contribution is -2.52. The summed E-state index contributed by atoms with van der Waals surface area (Å²) in [6.07, 6.45) is 3.93. The number of amides is 1. The second-order valence-corrected chi connectivity index (χ2v) is 6.85. The maximum Gasteiger partial charge on any atom is 0.244 e. The second kappa shape index (κ2) is 8.23. The van der Waals surface area contributed by atoms with Gasteiger partial charge in [0.05, 0.1) is 12.6 Å². The van der Waals surface area contributed by atoms with Gasteiger partial charge in [-0.2, -0.15) is 0 Å². The zero-order valence-corrected chi connectivity index (χ0v) is 14.7. The monoisotopic (exact) mass is 296 g/mol. The highest BCUT2D eigenvalue weighted by molar-refractivity contribution is 5.87. The maximum absolute atomic E-state index is 12.3. The van der Waals surface area contributed by atoms with Crippen LogP contribution in [0.3, 0.4) is 0 Å². The number of allylic oxidation sites excluding steroid dienone is 2. The second-order valence-electron chi connectivity index (χ2n) is 6.85. The largest absolute Gasteiger partial charge is 0.500 e. The molecule has 0 heterocycles. The molecule has 0 saturated carbocycles. The number of methoxy groups -OCH3 is 1. The average molecular weight is 296 g/mol. The predicted molar refractivity (Wildman–Crippen MR) is 88.8 cm³/mol. The molecular weight excluding hydrogens is 264 g/mol. The zero-order valence-electron chi connectivity index (χ0n) is 14.7. The van der Waals surface area contributed by atoms with Gasteiger partial charge >= 0.3 is 0 Å². The Bertz CT molecular complexity index is 390. The van der Waals surface area contributed by atoms with Crippen molar-refractivity contribution in [3.8, 4) is 0 Å². The van der Waals surface area contributed by atoms with Gasteiger partial charge in [0.2, 0.25) is 5.91 Å². The van der Waals surface area contributed by atoms with E-state index in [2.05, 4.69) is 24.1 Å². The summed E-state index contributed by atoms with van der Waals surface area (Å²) in [5.41, 5.74) is -0.213. The van der Waals surface area contributed by atoms with E-state index < -0.39 is 5.54 Å². The van der Waals surface area contributed by atoms with Gasteiger partial charge in [0.25, 0.3) is 0 Å². The van der Waals surface area contributed by atoms with Crippen molar-refractivity contribution < 1.29 is 9.53 Å². The van der Waals surface area contributed by atoms with Crippen molar-refractivity contribution in [2.45, 2.75) is 59.9 Å². The van der Waals surface area contributed by atoms with Crippen LogP contribution in [-0.2, 0) is 9.53 Å². The molecule has 0 saturated heterocycles. The molecule has 0 aromatic rings. The number of ether oxygens (including phenoxy) is 1. The number of carbonyl (C=O) groups excluding carboxylic acids is 1. The zero-order chi connectivity index (χ0) is 16.7. The van der Waals surface area contributed by atoms with Gasteiger partial charge in [0.1, 0.15) is 5.76 Å². The Labute approximate surface area is 130 Å². The molecule has 0 fully saturated rings. The standard InChI is InChI=1S/C17H32N2O2/c1-9-10-11-18-17(6,7)15(20)19-13(2)12-14(21-8)16(3,4)5/h12,18H,2,9-11H2,1,3-8H3,(H,19,20)/b14-12-. The number of hydrogen-bond acceptors (Lipinski definition) is 3. The molecule has 0 aliphatic carbocycles. The first-order chi connectivity index (χ1) is 9.54. The van der Waals surface area contributed by atoms with Gasteiger partial charge in [-0.05, 0) is 32.9 Å². The molecule has 0 spiro atoms. The Hall–Kier alpha value is -1.29. The molecule has 122 valence electrons. The van der Waals surface area contributed by atoms with Gasteiger partial charge in [0, 0.05) is 11.1 Å². The highest BCUT2D eigenvalue weighted by Gasteiger charge is 2.27. The molecule has 0 atom stereocenters. The summed E-state index contributed by atoms with van der Waals surface area (Å²) in [6, 6.07) is 0. The van der Waals surface area contributed by atoms with E-state index in [0.717, 1.165) is 25.1 Å². The number of hydrogen-bond donors (Lipinski definition) is 2. The van der Waals surface area contributed by atoms with Crippen LogP contribution in [0, 0.1) is 5.41 Å². The summed E-state index contributed by atoms with van der Waals surface area (Å²) < 4.78 is 5.37. The minimum atomic E-state index is -0.624. The van der Waals surface area contributed by atoms with Crippen molar-refractivity contribution >= 4 is 5.91 Å². The summed E-state index contributed by atoms with van der Waals surface area (Å²) in [7, 11) is 1.63. The minimum absolute atomic E-state index is 0.0933. The van der Waals surface area contributed by atoms with E-state index in [-0.39, 0.29) is 11.3 Å². The highest BCUT2D eigenvalue weighted by atomic mass is 16.5. The fourth-order valence-electron chi connectivity index (χ4n) is 1.74. The van der Waals surface area contributed by atoms with Crippen LogP contribution in [0.15, 0.2) is 24.1 Å². The van der Waals surface area contributed by atoms with E-state index >= 15 is 0 Å². The molecule has 4 nitrogen and oxygen atoms in total. The number of nitrogens with one attached hydrogen (secondary N) is 2. The van der Waals surface area contributed by atoms with Gasteiger partial charge in [0.15, 0.2) is 0 Å². The van der Waals surface area contributed by atoms with E-state index in [4.69, 9.17) is 4.74 Å². The first-order valence-corrected chi connectivity index (χ1v) is 7.56. The number of unbranched alkanes of at least 4 members (excludes halogenated alkanes) is 1. The SMILES string of the molecule is C=C(/C=C(\OC)C(C)(C)C)NC(=O)C(C)(C)NCCCC. The Morgan fingerprint density at radius 1 is 1.24 bits per heavy atom. The van der Waals surface area contributed by atoms with Crippen LogP contribution in [0.2, 0.25) is 0 Å². The van der Waals surface area contributed by atoms with E-state index in [9.17, 15) is 4.79 Å². The third-order valence-electron chi connectivity index (χ3n) is 3.20. The predicted octanol–water partition coefficient (Wildman–Crippen LogP) is 3.36. The van der Waals surface area contributed by atoms with E-state index in [1.54, 1.807) is 13.2 Å². The molecule has 2 N–H and O–H groups in total. The average Bonchev–Trinajstić information content (AvgIpc) is 2.34. The lowest BCUT2D eigenvalue weighted by atomic mass is 9.93. The van der Waals surface area contributed by atoms with Gasteiger partial charge in [-0.3, -0.25) is 4.79 Å². The topological polar surface area (TPSA) is 50.4 Å². The highest BCUT2D eigenvalue weighted by Crippen LogP contribution is 2.26. The molecule has 0 aliphatic rings. The molecule has 21 heavy (non-hydrogen) atoms. The molecule has 0 aliphatic heterocycles. The van der Waals surface area contributed by atoms with E-state index in [0.29, 0.717) is 5.70 Å². The Balaban J connectivity index is 4.70. The molecular formula is C17H32N2O2. The van der Waals surface area contributed by atoms with E-state index in [1.807, 2.05) is 34.6 Å².